The Balaban J connectivity index is 0.00000196. The Morgan fingerprint density at radius 2 is 1.27 bits per heavy atom. The molecule has 0 spiro atoms. The monoisotopic (exact) mass is 351 g/mol. The van der Waals surface area contributed by atoms with Gasteiger partial charge in [-0.2, -0.15) is 0 Å². The standard InChI is InChI=1S/C23H30N2.H3N/c1-3-7-20(8-4-1)19-24-15-17-25(18-16-24)23-13-11-22(12-14-23)21-9-5-2-6-10-21;/h1-10,22-23H,11-19H2;1H3. The van der Waals surface area contributed by atoms with Gasteiger partial charge in [-0.25, -0.2) is 0 Å². The molecule has 2 aliphatic rings. The van der Waals surface area contributed by atoms with Crippen LogP contribution in [0.25, 0.3) is 0 Å². The highest BCUT2D eigenvalue weighted by molar-refractivity contribution is 5.20. The molecule has 1 saturated heterocycles. The number of hydrogen-bond acceptors (Lipinski definition) is 3. The van der Waals surface area contributed by atoms with Crippen LogP contribution in [0.2, 0.25) is 0 Å². The molecule has 140 valence electrons. The lowest BCUT2D eigenvalue weighted by Gasteiger charge is -2.42. The molecule has 1 aliphatic carbocycles. The van der Waals surface area contributed by atoms with E-state index in [2.05, 4.69) is 70.5 Å². The van der Waals surface area contributed by atoms with Crippen LogP contribution in [0.1, 0.15) is 42.7 Å². The number of rotatable bonds is 4. The van der Waals surface area contributed by atoms with Crippen molar-refractivity contribution in [2.24, 2.45) is 0 Å². The second kappa shape index (κ2) is 9.31. The molecule has 0 unspecified atom stereocenters. The fraction of sp³-hybridized carbons (Fsp3) is 0.478. The topological polar surface area (TPSA) is 41.5 Å². The number of nitrogens with zero attached hydrogens (tertiary/aromatic N) is 2. The summed E-state index contributed by atoms with van der Waals surface area (Å²) in [5.74, 6) is 0.789. The van der Waals surface area contributed by atoms with Gasteiger partial charge in [-0.15, -0.1) is 0 Å². The summed E-state index contributed by atoms with van der Waals surface area (Å²) >= 11 is 0. The summed E-state index contributed by atoms with van der Waals surface area (Å²) in [6.07, 6.45) is 5.47. The van der Waals surface area contributed by atoms with Crippen LogP contribution in [0, 0.1) is 0 Å². The van der Waals surface area contributed by atoms with Gasteiger partial charge in [0.2, 0.25) is 0 Å². The Morgan fingerprint density at radius 3 is 1.88 bits per heavy atom. The number of hydrogen-bond donors (Lipinski definition) is 1. The molecule has 26 heavy (non-hydrogen) atoms. The van der Waals surface area contributed by atoms with Crippen molar-refractivity contribution in [2.45, 2.75) is 44.2 Å². The lowest BCUT2D eigenvalue weighted by Crippen LogP contribution is -2.50. The first-order valence-electron chi connectivity index (χ1n) is 9.94. The van der Waals surface area contributed by atoms with Gasteiger partial charge in [-0.05, 0) is 42.7 Å². The molecule has 2 aromatic carbocycles. The Kier molecular flexibility index (Phi) is 6.84. The van der Waals surface area contributed by atoms with E-state index in [4.69, 9.17) is 0 Å². The van der Waals surface area contributed by atoms with E-state index in [1.54, 1.807) is 5.56 Å². The summed E-state index contributed by atoms with van der Waals surface area (Å²) in [6, 6.07) is 22.8. The smallest absolute Gasteiger partial charge is 0.0234 e. The van der Waals surface area contributed by atoms with Crippen LogP contribution in [0.4, 0.5) is 0 Å². The van der Waals surface area contributed by atoms with E-state index in [-0.39, 0.29) is 6.15 Å². The average molecular weight is 352 g/mol. The Morgan fingerprint density at radius 1 is 0.692 bits per heavy atom. The second-order valence-corrected chi connectivity index (χ2v) is 7.71. The van der Waals surface area contributed by atoms with Crippen molar-refractivity contribution in [1.29, 1.82) is 0 Å². The highest BCUT2D eigenvalue weighted by atomic mass is 15.3. The van der Waals surface area contributed by atoms with E-state index in [1.807, 2.05) is 0 Å². The van der Waals surface area contributed by atoms with Gasteiger partial charge in [-0.1, -0.05) is 60.7 Å². The van der Waals surface area contributed by atoms with Crippen molar-refractivity contribution in [2.75, 3.05) is 26.2 Å². The second-order valence-electron chi connectivity index (χ2n) is 7.71. The molecule has 3 heteroatoms. The molecule has 0 atom stereocenters. The molecule has 2 fully saturated rings. The van der Waals surface area contributed by atoms with Crippen molar-refractivity contribution >= 4 is 0 Å². The summed E-state index contributed by atoms with van der Waals surface area (Å²) in [5, 5.41) is 0. The molecule has 0 radical (unpaired) electrons. The van der Waals surface area contributed by atoms with Gasteiger partial charge in [-0.3, -0.25) is 9.80 Å². The zero-order chi connectivity index (χ0) is 16.9. The van der Waals surface area contributed by atoms with Crippen molar-refractivity contribution in [1.82, 2.24) is 16.0 Å². The minimum Gasteiger partial charge on any atom is -0.344 e. The minimum absolute atomic E-state index is 0. The first-order valence-corrected chi connectivity index (χ1v) is 9.94. The van der Waals surface area contributed by atoms with Crippen LogP contribution in [0.15, 0.2) is 60.7 Å². The van der Waals surface area contributed by atoms with Crippen molar-refractivity contribution in [3.63, 3.8) is 0 Å². The first-order chi connectivity index (χ1) is 12.4. The highest BCUT2D eigenvalue weighted by Gasteiger charge is 2.28. The van der Waals surface area contributed by atoms with E-state index in [1.165, 1.54) is 57.4 Å². The average Bonchev–Trinajstić information content (AvgIpc) is 2.70. The molecule has 0 aromatic heterocycles. The quantitative estimate of drug-likeness (QED) is 0.868. The summed E-state index contributed by atoms with van der Waals surface area (Å²) in [4.78, 5) is 5.38. The largest absolute Gasteiger partial charge is 0.344 e. The Bertz CT molecular complexity index is 627. The molecule has 0 bridgehead atoms. The third kappa shape index (κ3) is 4.73. The van der Waals surface area contributed by atoms with E-state index in [9.17, 15) is 0 Å². The van der Waals surface area contributed by atoms with Crippen molar-refractivity contribution in [3.05, 3.63) is 71.8 Å². The molecule has 3 nitrogen and oxygen atoms in total. The lowest BCUT2D eigenvalue weighted by molar-refractivity contribution is 0.0727. The number of benzene rings is 2. The molecule has 4 rings (SSSR count). The molecular formula is C23H33N3. The van der Waals surface area contributed by atoms with Gasteiger partial charge in [0.1, 0.15) is 0 Å². The maximum absolute atomic E-state index is 2.77. The van der Waals surface area contributed by atoms with Gasteiger partial charge in [0.05, 0.1) is 0 Å². The van der Waals surface area contributed by atoms with Gasteiger partial charge in [0, 0.05) is 38.8 Å². The molecule has 1 aliphatic heterocycles. The summed E-state index contributed by atoms with van der Waals surface area (Å²) < 4.78 is 0. The normalized spacial score (nSPS) is 24.8. The Labute approximate surface area is 158 Å². The molecule has 2 aromatic rings. The fourth-order valence-electron chi connectivity index (χ4n) is 4.63. The van der Waals surface area contributed by atoms with Crippen LogP contribution in [-0.4, -0.2) is 42.0 Å². The SMILES string of the molecule is N.c1ccc(CN2CCN(C3CCC(c4ccccc4)CC3)CC2)cc1. The molecule has 1 heterocycles. The lowest BCUT2D eigenvalue weighted by atomic mass is 9.81. The van der Waals surface area contributed by atoms with Gasteiger partial charge >= 0.3 is 0 Å². The van der Waals surface area contributed by atoms with Crippen molar-refractivity contribution < 1.29 is 0 Å². The predicted molar refractivity (Wildman–Crippen MR) is 110 cm³/mol. The third-order valence-electron chi connectivity index (χ3n) is 6.14. The van der Waals surface area contributed by atoms with Gasteiger partial charge < -0.3 is 6.15 Å². The number of piperazine rings is 1. The zero-order valence-corrected chi connectivity index (χ0v) is 15.9. The highest BCUT2D eigenvalue weighted by Crippen LogP contribution is 2.34. The summed E-state index contributed by atoms with van der Waals surface area (Å²) in [7, 11) is 0. The van der Waals surface area contributed by atoms with Gasteiger partial charge in [0.15, 0.2) is 0 Å². The van der Waals surface area contributed by atoms with Crippen LogP contribution < -0.4 is 6.15 Å². The molecule has 3 N–H and O–H groups in total. The Hall–Kier alpha value is -1.68. The summed E-state index contributed by atoms with van der Waals surface area (Å²) in [6.45, 7) is 6.03. The maximum atomic E-state index is 2.77. The summed E-state index contributed by atoms with van der Waals surface area (Å²) in [5.41, 5.74) is 2.99. The van der Waals surface area contributed by atoms with E-state index in [0.717, 1.165) is 18.5 Å². The molecule has 0 amide bonds. The molecular weight excluding hydrogens is 318 g/mol. The first kappa shape index (κ1) is 19.1. The van der Waals surface area contributed by atoms with Crippen LogP contribution >= 0.6 is 0 Å². The van der Waals surface area contributed by atoms with E-state index in [0.29, 0.717) is 0 Å². The predicted octanol–water partition coefficient (Wildman–Crippen LogP) is 4.69. The fourth-order valence-corrected chi connectivity index (χ4v) is 4.63. The van der Waals surface area contributed by atoms with Crippen LogP contribution in [0.5, 0.6) is 0 Å². The van der Waals surface area contributed by atoms with E-state index < -0.39 is 0 Å². The van der Waals surface area contributed by atoms with Crippen molar-refractivity contribution in [3.8, 4) is 0 Å². The molecule has 1 saturated carbocycles. The van der Waals surface area contributed by atoms with Gasteiger partial charge in [0.25, 0.3) is 0 Å². The van der Waals surface area contributed by atoms with E-state index >= 15 is 0 Å². The zero-order valence-electron chi connectivity index (χ0n) is 15.9. The van der Waals surface area contributed by atoms with Crippen LogP contribution in [0.3, 0.4) is 0 Å². The maximum Gasteiger partial charge on any atom is 0.0234 e. The minimum atomic E-state index is 0. The third-order valence-corrected chi connectivity index (χ3v) is 6.14. The van der Waals surface area contributed by atoms with Crippen LogP contribution in [-0.2, 0) is 6.54 Å².